The van der Waals surface area contributed by atoms with Crippen molar-refractivity contribution >= 4 is 10.5 Å². The van der Waals surface area contributed by atoms with Gasteiger partial charge in [-0.1, -0.05) is 0 Å². The Morgan fingerprint density at radius 3 is 2.07 bits per heavy atom. The van der Waals surface area contributed by atoms with Crippen molar-refractivity contribution in [1.29, 1.82) is 0 Å². The Kier molecular flexibility index (Phi) is 3.20. The fraction of sp³-hybridized carbons (Fsp3) is 0.333. The number of hydrogen-bond acceptors (Lipinski definition) is 1. The first-order chi connectivity index (χ1) is 6.81. The van der Waals surface area contributed by atoms with Gasteiger partial charge in [-0.15, -0.1) is 0 Å². The Morgan fingerprint density at radius 1 is 1.07 bits per heavy atom. The third kappa shape index (κ3) is 2.05. The molecule has 1 aromatic carbocycles. The van der Waals surface area contributed by atoms with Gasteiger partial charge in [0.1, 0.15) is 0 Å². The first kappa shape index (κ1) is 12.2. The molecule has 0 saturated carbocycles. The summed E-state index contributed by atoms with van der Waals surface area (Å²) in [5, 5.41) is 0. The molecule has 0 unspecified atom stereocenters. The van der Waals surface area contributed by atoms with E-state index in [0.29, 0.717) is 6.07 Å². The Morgan fingerprint density at radius 2 is 1.60 bits per heavy atom. The zero-order valence-corrected chi connectivity index (χ0v) is 9.00. The SMILES string of the molecule is CC(C)(O[Si])c1cc(F)c(F)c(F)c1F. The van der Waals surface area contributed by atoms with Gasteiger partial charge in [-0.25, -0.2) is 17.6 Å². The quantitative estimate of drug-likeness (QED) is 0.331. The summed E-state index contributed by atoms with van der Waals surface area (Å²) in [5.41, 5.74) is -1.72. The lowest BCUT2D eigenvalue weighted by Gasteiger charge is -2.24. The first-order valence-electron chi connectivity index (χ1n) is 3.99. The molecule has 0 fully saturated rings. The zero-order chi connectivity index (χ0) is 11.8. The normalized spacial score (nSPS) is 11.9. The molecule has 0 saturated heterocycles. The molecule has 0 aliphatic carbocycles. The van der Waals surface area contributed by atoms with E-state index in [-0.39, 0.29) is 0 Å². The molecule has 0 atom stereocenters. The molecular formula is C9H7F4OSi. The minimum Gasteiger partial charge on any atom is -0.410 e. The summed E-state index contributed by atoms with van der Waals surface area (Å²) in [6.07, 6.45) is 0. The van der Waals surface area contributed by atoms with Crippen molar-refractivity contribution in [2.24, 2.45) is 0 Å². The smallest absolute Gasteiger partial charge is 0.247 e. The van der Waals surface area contributed by atoms with Crippen LogP contribution in [0.25, 0.3) is 0 Å². The molecule has 1 nitrogen and oxygen atoms in total. The average Bonchev–Trinajstić information content (AvgIpc) is 2.20. The highest BCUT2D eigenvalue weighted by atomic mass is 28.2. The second kappa shape index (κ2) is 3.94. The standard InChI is InChI=1S/C9H7F4OSi/c1-9(2,14-15)4-3-5(10)7(12)8(13)6(4)11/h3H,1-2H3. The average molecular weight is 235 g/mol. The molecule has 1 rings (SSSR count). The summed E-state index contributed by atoms with van der Waals surface area (Å²) in [7, 11) is 2.65. The topological polar surface area (TPSA) is 9.23 Å². The molecule has 81 valence electrons. The third-order valence-corrected chi connectivity index (χ3v) is 2.52. The Hall–Kier alpha value is -0.883. The van der Waals surface area contributed by atoms with Crippen LogP contribution >= 0.6 is 0 Å². The number of halogens is 4. The van der Waals surface area contributed by atoms with Gasteiger partial charge in [-0.2, -0.15) is 0 Å². The Bertz CT molecular complexity index is 392. The van der Waals surface area contributed by atoms with Crippen molar-refractivity contribution in [2.75, 3.05) is 0 Å². The van der Waals surface area contributed by atoms with Crippen LogP contribution < -0.4 is 0 Å². The summed E-state index contributed by atoms with van der Waals surface area (Å²) < 4.78 is 56.2. The van der Waals surface area contributed by atoms with Crippen LogP contribution in [0.4, 0.5) is 17.6 Å². The van der Waals surface area contributed by atoms with Gasteiger partial charge in [0.2, 0.25) is 10.5 Å². The van der Waals surface area contributed by atoms with Crippen LogP contribution in [0, 0.1) is 23.3 Å². The molecule has 0 aromatic heterocycles. The molecule has 0 aliphatic rings. The van der Waals surface area contributed by atoms with E-state index in [1.54, 1.807) is 0 Å². The first-order valence-corrected chi connectivity index (χ1v) is 4.40. The van der Waals surface area contributed by atoms with Crippen molar-refractivity contribution < 1.29 is 22.0 Å². The molecule has 0 heterocycles. The van der Waals surface area contributed by atoms with E-state index >= 15 is 0 Å². The molecule has 0 amide bonds. The van der Waals surface area contributed by atoms with Crippen molar-refractivity contribution in [3.05, 3.63) is 34.9 Å². The predicted octanol–water partition coefficient (Wildman–Crippen LogP) is 2.58. The Labute approximate surface area is 87.6 Å². The second-order valence-electron chi connectivity index (χ2n) is 3.46. The largest absolute Gasteiger partial charge is 0.410 e. The molecule has 3 radical (unpaired) electrons. The van der Waals surface area contributed by atoms with Crippen LogP contribution in [0.15, 0.2) is 6.07 Å². The molecule has 0 aliphatic heterocycles. The molecule has 15 heavy (non-hydrogen) atoms. The van der Waals surface area contributed by atoms with E-state index in [2.05, 4.69) is 14.9 Å². The van der Waals surface area contributed by atoms with Crippen LogP contribution in [0.2, 0.25) is 0 Å². The highest BCUT2D eigenvalue weighted by molar-refractivity contribution is 5.98. The lowest BCUT2D eigenvalue weighted by molar-refractivity contribution is 0.116. The van der Waals surface area contributed by atoms with Gasteiger partial charge in [-0.3, -0.25) is 0 Å². The predicted molar refractivity (Wildman–Crippen MR) is 46.1 cm³/mol. The zero-order valence-electron chi connectivity index (χ0n) is 8.00. The van der Waals surface area contributed by atoms with Gasteiger partial charge in [0.15, 0.2) is 23.3 Å². The third-order valence-electron chi connectivity index (χ3n) is 2.01. The molecule has 6 heteroatoms. The summed E-state index contributed by atoms with van der Waals surface area (Å²) in [4.78, 5) is 0. The van der Waals surface area contributed by atoms with E-state index in [1.165, 1.54) is 13.8 Å². The van der Waals surface area contributed by atoms with Crippen LogP contribution in [0.5, 0.6) is 0 Å². The van der Waals surface area contributed by atoms with Gasteiger partial charge in [0, 0.05) is 5.56 Å². The van der Waals surface area contributed by atoms with E-state index in [9.17, 15) is 17.6 Å². The second-order valence-corrected chi connectivity index (χ2v) is 3.66. The minimum atomic E-state index is -1.85. The molecule has 0 bridgehead atoms. The number of hydrogen-bond donors (Lipinski definition) is 0. The number of rotatable bonds is 2. The van der Waals surface area contributed by atoms with Crippen molar-refractivity contribution in [1.82, 2.24) is 0 Å². The van der Waals surface area contributed by atoms with Crippen LogP contribution in [-0.2, 0) is 10.0 Å². The Balaban J connectivity index is 3.45. The van der Waals surface area contributed by atoms with Crippen LogP contribution in [0.1, 0.15) is 19.4 Å². The lowest BCUT2D eigenvalue weighted by atomic mass is 9.97. The number of benzene rings is 1. The van der Waals surface area contributed by atoms with E-state index in [4.69, 9.17) is 0 Å². The van der Waals surface area contributed by atoms with E-state index in [0.717, 1.165) is 0 Å². The summed E-state index contributed by atoms with van der Waals surface area (Å²) in [6.45, 7) is 2.74. The van der Waals surface area contributed by atoms with Crippen molar-refractivity contribution in [2.45, 2.75) is 19.4 Å². The highest BCUT2D eigenvalue weighted by Crippen LogP contribution is 2.29. The van der Waals surface area contributed by atoms with Gasteiger partial charge in [-0.05, 0) is 19.9 Å². The van der Waals surface area contributed by atoms with Gasteiger partial charge >= 0.3 is 0 Å². The molecular weight excluding hydrogens is 228 g/mol. The molecule has 0 N–H and O–H groups in total. The van der Waals surface area contributed by atoms with Crippen LogP contribution in [-0.4, -0.2) is 10.5 Å². The van der Waals surface area contributed by atoms with Crippen molar-refractivity contribution in [3.63, 3.8) is 0 Å². The van der Waals surface area contributed by atoms with Crippen molar-refractivity contribution in [3.8, 4) is 0 Å². The maximum atomic E-state index is 13.2. The van der Waals surface area contributed by atoms with Gasteiger partial charge in [0.25, 0.3) is 0 Å². The maximum Gasteiger partial charge on any atom is 0.247 e. The molecule has 1 aromatic rings. The summed E-state index contributed by atoms with van der Waals surface area (Å²) in [5.74, 6) is -6.60. The fourth-order valence-electron chi connectivity index (χ4n) is 1.07. The van der Waals surface area contributed by atoms with E-state index < -0.39 is 34.4 Å². The highest BCUT2D eigenvalue weighted by Gasteiger charge is 2.29. The monoisotopic (exact) mass is 235 g/mol. The summed E-state index contributed by atoms with van der Waals surface area (Å²) in [6, 6.07) is 0.563. The minimum absolute atomic E-state index is 0.408. The van der Waals surface area contributed by atoms with Gasteiger partial charge in [0.05, 0.1) is 5.60 Å². The van der Waals surface area contributed by atoms with Crippen LogP contribution in [0.3, 0.4) is 0 Å². The summed E-state index contributed by atoms with van der Waals surface area (Å²) >= 11 is 0. The lowest BCUT2D eigenvalue weighted by Crippen LogP contribution is -2.23. The van der Waals surface area contributed by atoms with Gasteiger partial charge < -0.3 is 4.43 Å². The maximum absolute atomic E-state index is 13.2. The molecule has 0 spiro atoms. The fourth-order valence-corrected chi connectivity index (χ4v) is 1.18. The van der Waals surface area contributed by atoms with E-state index in [1.807, 2.05) is 0 Å².